The van der Waals surface area contributed by atoms with Crippen molar-refractivity contribution in [1.82, 2.24) is 0 Å². The van der Waals surface area contributed by atoms with Crippen molar-refractivity contribution in [2.24, 2.45) is 11.3 Å². The zero-order chi connectivity index (χ0) is 12.5. The molecule has 0 aromatic heterocycles. The zero-order valence-electron chi connectivity index (χ0n) is 10.3. The number of anilines is 1. The number of nitrogens with zero attached hydrogens (tertiary/aromatic N) is 1. The van der Waals surface area contributed by atoms with E-state index in [4.69, 9.17) is 5.26 Å². The Labute approximate surface area is 111 Å². The lowest BCUT2D eigenvalue weighted by Gasteiger charge is -2.21. The first-order valence-corrected chi connectivity index (χ1v) is 6.80. The number of rotatable bonds is 4. The fourth-order valence-electron chi connectivity index (χ4n) is 2.15. The van der Waals surface area contributed by atoms with Gasteiger partial charge in [0.2, 0.25) is 0 Å². The smallest absolute Gasteiger partial charge is 0.101 e. The predicted octanol–water partition coefficient (Wildman–Crippen LogP) is 4.17. The van der Waals surface area contributed by atoms with Gasteiger partial charge in [0.25, 0.3) is 0 Å². The summed E-state index contributed by atoms with van der Waals surface area (Å²) in [5, 5.41) is 12.5. The highest BCUT2D eigenvalue weighted by atomic mass is 79.9. The highest BCUT2D eigenvalue weighted by Gasteiger charge is 2.44. The standard InChI is InChI=1S/C14H17BrN2/c1-10(2)14(5-6-14)9-17-13-7-12(15)4-3-11(13)8-16/h3-4,7,10,17H,5-6,9H2,1-2H3. The predicted molar refractivity (Wildman–Crippen MR) is 73.9 cm³/mol. The summed E-state index contributed by atoms with van der Waals surface area (Å²) in [6, 6.07) is 7.96. The maximum Gasteiger partial charge on any atom is 0.101 e. The van der Waals surface area contributed by atoms with Gasteiger partial charge >= 0.3 is 0 Å². The highest BCUT2D eigenvalue weighted by Crippen LogP contribution is 2.51. The first-order chi connectivity index (χ1) is 8.07. The number of nitriles is 1. The van der Waals surface area contributed by atoms with E-state index in [0.29, 0.717) is 16.9 Å². The molecule has 0 heterocycles. The first kappa shape index (κ1) is 12.4. The number of hydrogen-bond acceptors (Lipinski definition) is 2. The van der Waals surface area contributed by atoms with E-state index in [1.165, 1.54) is 12.8 Å². The second-order valence-electron chi connectivity index (χ2n) is 5.17. The molecule has 2 rings (SSSR count). The van der Waals surface area contributed by atoms with Gasteiger partial charge in [-0.1, -0.05) is 29.8 Å². The highest BCUT2D eigenvalue weighted by molar-refractivity contribution is 9.10. The molecule has 0 atom stereocenters. The summed E-state index contributed by atoms with van der Waals surface area (Å²) in [6.45, 7) is 5.53. The maximum atomic E-state index is 9.06. The van der Waals surface area contributed by atoms with Crippen molar-refractivity contribution in [2.75, 3.05) is 11.9 Å². The van der Waals surface area contributed by atoms with Crippen LogP contribution in [0.4, 0.5) is 5.69 Å². The largest absolute Gasteiger partial charge is 0.383 e. The van der Waals surface area contributed by atoms with Gasteiger partial charge in [0.1, 0.15) is 6.07 Å². The third-order valence-corrected chi connectivity index (χ3v) is 4.34. The second kappa shape index (κ2) is 4.70. The van der Waals surface area contributed by atoms with Crippen molar-refractivity contribution in [3.05, 3.63) is 28.2 Å². The molecule has 17 heavy (non-hydrogen) atoms. The van der Waals surface area contributed by atoms with Gasteiger partial charge in [-0.2, -0.15) is 5.26 Å². The normalized spacial score (nSPS) is 16.6. The van der Waals surface area contributed by atoms with E-state index < -0.39 is 0 Å². The average molecular weight is 293 g/mol. The molecule has 1 aromatic rings. The molecular weight excluding hydrogens is 276 g/mol. The van der Waals surface area contributed by atoms with Crippen molar-refractivity contribution in [1.29, 1.82) is 5.26 Å². The number of hydrogen-bond donors (Lipinski definition) is 1. The van der Waals surface area contributed by atoms with Crippen LogP contribution in [0.25, 0.3) is 0 Å². The molecule has 1 saturated carbocycles. The molecule has 1 fully saturated rings. The Bertz CT molecular complexity index is 456. The van der Waals surface area contributed by atoms with E-state index in [1.807, 2.05) is 18.2 Å². The van der Waals surface area contributed by atoms with Crippen molar-refractivity contribution < 1.29 is 0 Å². The van der Waals surface area contributed by atoms with E-state index in [9.17, 15) is 0 Å². The van der Waals surface area contributed by atoms with Crippen molar-refractivity contribution in [2.45, 2.75) is 26.7 Å². The minimum Gasteiger partial charge on any atom is -0.383 e. The minimum absolute atomic E-state index is 0.453. The van der Waals surface area contributed by atoms with Gasteiger partial charge in [0, 0.05) is 11.0 Å². The maximum absolute atomic E-state index is 9.06. The van der Waals surface area contributed by atoms with Gasteiger partial charge in [0.15, 0.2) is 0 Å². The monoisotopic (exact) mass is 292 g/mol. The summed E-state index contributed by atoms with van der Waals surface area (Å²) < 4.78 is 1.01. The zero-order valence-corrected chi connectivity index (χ0v) is 11.8. The average Bonchev–Trinajstić information content (AvgIpc) is 3.07. The Morgan fingerprint density at radius 1 is 1.47 bits per heavy atom. The summed E-state index contributed by atoms with van der Waals surface area (Å²) in [5.41, 5.74) is 2.11. The van der Waals surface area contributed by atoms with Crippen LogP contribution in [0.5, 0.6) is 0 Å². The molecular formula is C14H17BrN2. The van der Waals surface area contributed by atoms with Crippen LogP contribution < -0.4 is 5.32 Å². The Balaban J connectivity index is 2.09. The first-order valence-electron chi connectivity index (χ1n) is 6.01. The Morgan fingerprint density at radius 3 is 2.71 bits per heavy atom. The van der Waals surface area contributed by atoms with Crippen LogP contribution in [0.2, 0.25) is 0 Å². The van der Waals surface area contributed by atoms with Crippen LogP contribution in [0.3, 0.4) is 0 Å². The van der Waals surface area contributed by atoms with Crippen molar-refractivity contribution >= 4 is 21.6 Å². The third kappa shape index (κ3) is 2.63. The molecule has 0 radical (unpaired) electrons. The molecule has 0 unspecified atom stereocenters. The number of benzene rings is 1. The molecule has 0 aliphatic heterocycles. The fourth-order valence-corrected chi connectivity index (χ4v) is 2.51. The van der Waals surface area contributed by atoms with Gasteiger partial charge < -0.3 is 5.32 Å². The van der Waals surface area contributed by atoms with Crippen LogP contribution >= 0.6 is 15.9 Å². The minimum atomic E-state index is 0.453. The molecule has 0 bridgehead atoms. The van der Waals surface area contributed by atoms with E-state index in [1.54, 1.807) is 0 Å². The molecule has 0 amide bonds. The molecule has 1 aliphatic rings. The van der Waals surface area contributed by atoms with Crippen LogP contribution in [0.15, 0.2) is 22.7 Å². The summed E-state index contributed by atoms with van der Waals surface area (Å²) in [5.74, 6) is 0.702. The van der Waals surface area contributed by atoms with Gasteiger partial charge in [-0.3, -0.25) is 0 Å². The molecule has 1 N–H and O–H groups in total. The Hall–Kier alpha value is -1.01. The molecule has 0 spiro atoms. The summed E-state index contributed by atoms with van der Waals surface area (Å²) in [4.78, 5) is 0. The Morgan fingerprint density at radius 2 is 2.18 bits per heavy atom. The molecule has 3 heteroatoms. The van der Waals surface area contributed by atoms with Gasteiger partial charge in [-0.15, -0.1) is 0 Å². The summed E-state index contributed by atoms with van der Waals surface area (Å²) in [7, 11) is 0. The number of halogens is 1. The van der Waals surface area contributed by atoms with E-state index >= 15 is 0 Å². The third-order valence-electron chi connectivity index (χ3n) is 3.85. The molecule has 2 nitrogen and oxygen atoms in total. The Kier molecular flexibility index (Phi) is 3.44. The van der Waals surface area contributed by atoms with Crippen LogP contribution in [-0.2, 0) is 0 Å². The lowest BCUT2D eigenvalue weighted by Crippen LogP contribution is -2.21. The summed E-state index contributed by atoms with van der Waals surface area (Å²) >= 11 is 3.44. The quantitative estimate of drug-likeness (QED) is 0.904. The van der Waals surface area contributed by atoms with E-state index in [2.05, 4.69) is 41.2 Å². The van der Waals surface area contributed by atoms with Gasteiger partial charge in [-0.05, 0) is 42.4 Å². The van der Waals surface area contributed by atoms with Crippen LogP contribution in [-0.4, -0.2) is 6.54 Å². The fraction of sp³-hybridized carbons (Fsp3) is 0.500. The van der Waals surface area contributed by atoms with Gasteiger partial charge in [-0.25, -0.2) is 0 Å². The van der Waals surface area contributed by atoms with Crippen LogP contribution in [0.1, 0.15) is 32.3 Å². The molecule has 1 aliphatic carbocycles. The van der Waals surface area contributed by atoms with Crippen LogP contribution in [0, 0.1) is 22.7 Å². The second-order valence-corrected chi connectivity index (χ2v) is 6.09. The molecule has 1 aromatic carbocycles. The summed E-state index contributed by atoms with van der Waals surface area (Å²) in [6.07, 6.45) is 2.60. The molecule has 90 valence electrons. The van der Waals surface area contributed by atoms with Crippen molar-refractivity contribution in [3.8, 4) is 6.07 Å². The lowest BCUT2D eigenvalue weighted by molar-refractivity contribution is 0.380. The van der Waals surface area contributed by atoms with Crippen molar-refractivity contribution in [3.63, 3.8) is 0 Å². The van der Waals surface area contributed by atoms with E-state index in [0.717, 1.165) is 16.7 Å². The topological polar surface area (TPSA) is 35.8 Å². The van der Waals surface area contributed by atoms with E-state index in [-0.39, 0.29) is 0 Å². The number of nitrogens with one attached hydrogen (secondary N) is 1. The lowest BCUT2D eigenvalue weighted by atomic mass is 9.92. The van der Waals surface area contributed by atoms with Gasteiger partial charge in [0.05, 0.1) is 11.3 Å². The molecule has 0 saturated heterocycles. The SMILES string of the molecule is CC(C)C1(CNc2cc(Br)ccc2C#N)CC1.